The Morgan fingerprint density at radius 1 is 0.966 bits per heavy atom. The van der Waals surface area contributed by atoms with Gasteiger partial charge in [0.15, 0.2) is 6.10 Å². The number of amides is 1. The lowest BCUT2D eigenvalue weighted by molar-refractivity contribution is -0.137. The van der Waals surface area contributed by atoms with Crippen LogP contribution in [0, 0.1) is 0 Å². The number of esters is 1. The van der Waals surface area contributed by atoms with E-state index >= 15 is 0 Å². The van der Waals surface area contributed by atoms with Crippen molar-refractivity contribution in [2.75, 3.05) is 5.32 Å². The van der Waals surface area contributed by atoms with Gasteiger partial charge in [0, 0.05) is 5.69 Å². The minimum Gasteiger partial charge on any atom is -0.449 e. The average Bonchev–Trinajstić information content (AvgIpc) is 2.66. The summed E-state index contributed by atoms with van der Waals surface area (Å²) in [6, 6.07) is 10.6. The second-order valence-electron chi connectivity index (χ2n) is 6.67. The fraction of sp³-hybridized carbons (Fsp3) is 0.333. The number of rotatable bonds is 7. The molecule has 0 spiro atoms. The third-order valence-corrected chi connectivity index (χ3v) is 3.91. The number of hydrogen-bond donors (Lipinski definition) is 1. The highest BCUT2D eigenvalue weighted by Crippen LogP contribution is 2.29. The quantitative estimate of drug-likeness (QED) is 0.667. The first-order valence-electron chi connectivity index (χ1n) is 8.96. The van der Waals surface area contributed by atoms with E-state index < -0.39 is 29.7 Å². The molecular weight excluding hydrogens is 387 g/mol. The lowest BCUT2D eigenvalue weighted by Gasteiger charge is -2.14. The molecule has 0 aliphatic heterocycles. The molecule has 0 aliphatic carbocycles. The van der Waals surface area contributed by atoms with Gasteiger partial charge in [-0.2, -0.15) is 13.2 Å². The lowest BCUT2D eigenvalue weighted by Crippen LogP contribution is -2.30. The van der Waals surface area contributed by atoms with Crippen LogP contribution in [-0.4, -0.2) is 24.1 Å². The molecule has 0 fully saturated rings. The summed E-state index contributed by atoms with van der Waals surface area (Å²) in [5, 5.41) is 2.41. The van der Waals surface area contributed by atoms with Crippen LogP contribution >= 0.6 is 0 Å². The van der Waals surface area contributed by atoms with Crippen molar-refractivity contribution in [1.82, 2.24) is 0 Å². The van der Waals surface area contributed by atoms with E-state index in [2.05, 4.69) is 5.32 Å². The Morgan fingerprint density at radius 3 is 2.07 bits per heavy atom. The molecule has 1 atom stereocenters. The smallest absolute Gasteiger partial charge is 0.416 e. The third kappa shape index (κ3) is 6.90. The summed E-state index contributed by atoms with van der Waals surface area (Å²) in [6.45, 7) is 5.63. The number of benzene rings is 2. The van der Waals surface area contributed by atoms with E-state index in [1.165, 1.54) is 6.92 Å². The van der Waals surface area contributed by atoms with Crippen LogP contribution in [0.1, 0.15) is 42.3 Å². The van der Waals surface area contributed by atoms with E-state index in [1.54, 1.807) is 24.3 Å². The molecule has 2 aromatic carbocycles. The highest BCUT2D eigenvalue weighted by molar-refractivity contribution is 5.97. The molecule has 0 saturated carbocycles. The Labute approximate surface area is 166 Å². The maximum absolute atomic E-state index is 12.6. The highest BCUT2D eigenvalue weighted by atomic mass is 19.4. The first-order valence-corrected chi connectivity index (χ1v) is 8.96. The van der Waals surface area contributed by atoms with Crippen molar-refractivity contribution in [3.63, 3.8) is 0 Å². The fourth-order valence-corrected chi connectivity index (χ4v) is 2.27. The van der Waals surface area contributed by atoms with Crippen LogP contribution in [0.2, 0.25) is 0 Å². The van der Waals surface area contributed by atoms with Gasteiger partial charge in [-0.05, 0) is 62.7 Å². The van der Waals surface area contributed by atoms with Crippen LogP contribution in [0.4, 0.5) is 18.9 Å². The number of hydrogen-bond acceptors (Lipinski definition) is 4. The summed E-state index contributed by atoms with van der Waals surface area (Å²) in [5.41, 5.74) is 0.508. The SMILES string of the molecule is CC(C)OCc1ccc(C(=O)O[C@H](C)C(=O)Nc2ccc(C(F)(F)F)cc2)cc1. The van der Waals surface area contributed by atoms with Gasteiger partial charge < -0.3 is 14.8 Å². The van der Waals surface area contributed by atoms with Gasteiger partial charge in [0.2, 0.25) is 0 Å². The highest BCUT2D eigenvalue weighted by Gasteiger charge is 2.30. The molecule has 156 valence electrons. The first-order chi connectivity index (χ1) is 13.6. The van der Waals surface area contributed by atoms with E-state index in [4.69, 9.17) is 9.47 Å². The Bertz CT molecular complexity index is 830. The average molecular weight is 409 g/mol. The van der Waals surface area contributed by atoms with Gasteiger partial charge in [0.25, 0.3) is 5.91 Å². The van der Waals surface area contributed by atoms with Crippen LogP contribution in [0.5, 0.6) is 0 Å². The Balaban J connectivity index is 1.90. The molecule has 0 radical (unpaired) electrons. The number of carbonyl (C=O) groups excluding carboxylic acids is 2. The first kappa shape index (κ1) is 22.4. The van der Waals surface area contributed by atoms with Crippen LogP contribution in [0.25, 0.3) is 0 Å². The van der Waals surface area contributed by atoms with Gasteiger partial charge >= 0.3 is 12.1 Å². The largest absolute Gasteiger partial charge is 0.449 e. The van der Waals surface area contributed by atoms with E-state index in [0.29, 0.717) is 6.61 Å². The molecule has 2 aromatic rings. The molecule has 8 heteroatoms. The molecule has 1 N–H and O–H groups in total. The fourth-order valence-electron chi connectivity index (χ4n) is 2.27. The van der Waals surface area contributed by atoms with Crippen molar-refractivity contribution in [2.24, 2.45) is 0 Å². The summed E-state index contributed by atoms with van der Waals surface area (Å²) < 4.78 is 48.3. The van der Waals surface area contributed by atoms with E-state index in [-0.39, 0.29) is 17.4 Å². The number of halogens is 3. The molecule has 2 rings (SSSR count). The molecule has 1 amide bonds. The zero-order chi connectivity index (χ0) is 21.6. The standard InChI is InChI=1S/C21H22F3NO4/c1-13(2)28-12-15-4-6-16(7-5-15)20(27)29-14(3)19(26)25-18-10-8-17(9-11-18)21(22,23)24/h4-11,13-14H,12H2,1-3H3,(H,25,26)/t14-/m1/s1. The Kier molecular flexibility index (Phi) is 7.39. The minimum absolute atomic E-state index is 0.0867. The summed E-state index contributed by atoms with van der Waals surface area (Å²) in [6.07, 6.45) is -5.50. The summed E-state index contributed by atoms with van der Waals surface area (Å²) >= 11 is 0. The molecule has 0 bridgehead atoms. The maximum atomic E-state index is 12.6. The molecule has 29 heavy (non-hydrogen) atoms. The molecule has 0 saturated heterocycles. The molecular formula is C21H22F3NO4. The molecule has 0 aromatic heterocycles. The van der Waals surface area contributed by atoms with Crippen molar-refractivity contribution in [2.45, 2.75) is 45.8 Å². The van der Waals surface area contributed by atoms with Crippen LogP contribution in [0.15, 0.2) is 48.5 Å². The van der Waals surface area contributed by atoms with E-state index in [0.717, 1.165) is 29.8 Å². The summed E-state index contributed by atoms with van der Waals surface area (Å²) in [4.78, 5) is 24.3. The zero-order valence-electron chi connectivity index (χ0n) is 16.2. The number of alkyl halides is 3. The number of ether oxygens (including phenoxy) is 2. The van der Waals surface area contributed by atoms with Gasteiger partial charge in [-0.15, -0.1) is 0 Å². The number of carbonyl (C=O) groups is 2. The Morgan fingerprint density at radius 2 is 1.55 bits per heavy atom. The lowest BCUT2D eigenvalue weighted by atomic mass is 10.1. The monoisotopic (exact) mass is 409 g/mol. The molecule has 0 aliphatic rings. The van der Waals surface area contributed by atoms with Crippen molar-refractivity contribution in [3.8, 4) is 0 Å². The predicted molar refractivity (Wildman–Crippen MR) is 101 cm³/mol. The normalized spacial score (nSPS) is 12.5. The minimum atomic E-state index is -4.46. The second-order valence-corrected chi connectivity index (χ2v) is 6.67. The second kappa shape index (κ2) is 9.56. The number of nitrogens with one attached hydrogen (secondary N) is 1. The molecule has 0 heterocycles. The summed E-state index contributed by atoms with van der Waals surface area (Å²) in [7, 11) is 0. The van der Waals surface area contributed by atoms with Crippen molar-refractivity contribution >= 4 is 17.6 Å². The van der Waals surface area contributed by atoms with Crippen molar-refractivity contribution in [3.05, 3.63) is 65.2 Å². The van der Waals surface area contributed by atoms with Crippen molar-refractivity contribution in [1.29, 1.82) is 0 Å². The van der Waals surface area contributed by atoms with Crippen molar-refractivity contribution < 1.29 is 32.2 Å². The zero-order valence-corrected chi connectivity index (χ0v) is 16.2. The van der Waals surface area contributed by atoms with Gasteiger partial charge in [-0.3, -0.25) is 4.79 Å². The van der Waals surface area contributed by atoms with Gasteiger partial charge in [-0.1, -0.05) is 12.1 Å². The van der Waals surface area contributed by atoms with Gasteiger partial charge in [0.1, 0.15) is 0 Å². The third-order valence-electron chi connectivity index (χ3n) is 3.91. The predicted octanol–water partition coefficient (Wildman–Crippen LogP) is 4.81. The Hall–Kier alpha value is -2.87. The topological polar surface area (TPSA) is 64.6 Å². The molecule has 0 unspecified atom stereocenters. The van der Waals surface area contributed by atoms with Gasteiger partial charge in [-0.25, -0.2) is 4.79 Å². The van der Waals surface area contributed by atoms with E-state index in [1.807, 2.05) is 13.8 Å². The van der Waals surface area contributed by atoms with Gasteiger partial charge in [0.05, 0.1) is 23.8 Å². The number of anilines is 1. The van der Waals surface area contributed by atoms with Crippen LogP contribution in [0.3, 0.4) is 0 Å². The maximum Gasteiger partial charge on any atom is 0.416 e. The van der Waals surface area contributed by atoms with Crippen LogP contribution in [-0.2, 0) is 27.1 Å². The van der Waals surface area contributed by atoms with Crippen LogP contribution < -0.4 is 5.32 Å². The van der Waals surface area contributed by atoms with E-state index in [9.17, 15) is 22.8 Å². The summed E-state index contributed by atoms with van der Waals surface area (Å²) in [5.74, 6) is -1.34. The molecule has 5 nitrogen and oxygen atoms in total.